The standard InChI is InChI=1S/C9H13N3O3/c1-6(5-13)2-12-9(15)7-3-11-8(14)4-10-7/h3-4,6,13H,2,5H2,1H3,(H,11,14)(H,12,15). The summed E-state index contributed by atoms with van der Waals surface area (Å²) in [5.41, 5.74) is -0.199. The molecule has 0 bridgehead atoms. The zero-order valence-corrected chi connectivity index (χ0v) is 8.36. The number of hydrogen-bond donors (Lipinski definition) is 3. The van der Waals surface area contributed by atoms with Crippen LogP contribution >= 0.6 is 0 Å². The van der Waals surface area contributed by atoms with Crippen LogP contribution in [0.4, 0.5) is 0 Å². The first-order valence-corrected chi connectivity index (χ1v) is 4.57. The SMILES string of the molecule is CC(CO)CNC(=O)c1c[nH]c(=O)cn1. The predicted octanol–water partition coefficient (Wildman–Crippen LogP) is -0.872. The number of nitrogens with zero attached hydrogens (tertiary/aromatic N) is 1. The van der Waals surface area contributed by atoms with Crippen molar-refractivity contribution in [1.82, 2.24) is 15.3 Å². The minimum Gasteiger partial charge on any atom is -0.396 e. The minimum atomic E-state index is -0.369. The van der Waals surface area contributed by atoms with E-state index in [1.807, 2.05) is 0 Å². The van der Waals surface area contributed by atoms with Gasteiger partial charge in [0, 0.05) is 19.3 Å². The second-order valence-electron chi connectivity index (χ2n) is 3.29. The highest BCUT2D eigenvalue weighted by molar-refractivity contribution is 5.91. The van der Waals surface area contributed by atoms with Crippen molar-refractivity contribution in [3.05, 3.63) is 28.4 Å². The molecule has 0 aliphatic rings. The summed E-state index contributed by atoms with van der Waals surface area (Å²) in [6.07, 6.45) is 2.30. The van der Waals surface area contributed by atoms with Crippen molar-refractivity contribution in [1.29, 1.82) is 0 Å². The third-order valence-corrected chi connectivity index (χ3v) is 1.83. The number of carbonyl (C=O) groups excluding carboxylic acids is 1. The Kier molecular flexibility index (Phi) is 3.99. The lowest BCUT2D eigenvalue weighted by Gasteiger charge is -2.08. The van der Waals surface area contributed by atoms with Gasteiger partial charge in [-0.15, -0.1) is 0 Å². The second-order valence-corrected chi connectivity index (χ2v) is 3.29. The molecule has 0 radical (unpaired) electrons. The third kappa shape index (κ3) is 3.51. The van der Waals surface area contributed by atoms with Crippen LogP contribution in [0.2, 0.25) is 0 Å². The van der Waals surface area contributed by atoms with Crippen LogP contribution in [0, 0.1) is 5.92 Å². The maximum absolute atomic E-state index is 11.4. The summed E-state index contributed by atoms with van der Waals surface area (Å²) in [7, 11) is 0. The normalized spacial score (nSPS) is 12.1. The van der Waals surface area contributed by atoms with Crippen LogP contribution in [0.1, 0.15) is 17.4 Å². The second kappa shape index (κ2) is 5.26. The van der Waals surface area contributed by atoms with E-state index in [1.165, 1.54) is 6.20 Å². The van der Waals surface area contributed by atoms with Crippen molar-refractivity contribution in [2.75, 3.05) is 13.2 Å². The summed E-state index contributed by atoms with van der Waals surface area (Å²) in [5, 5.41) is 11.3. The molecule has 0 spiro atoms. The molecule has 1 heterocycles. The maximum atomic E-state index is 11.4. The molecule has 6 heteroatoms. The summed E-state index contributed by atoms with van der Waals surface area (Å²) in [6.45, 7) is 2.19. The Hall–Kier alpha value is -1.69. The molecule has 0 saturated heterocycles. The van der Waals surface area contributed by atoms with Gasteiger partial charge in [-0.2, -0.15) is 0 Å². The number of hydrogen-bond acceptors (Lipinski definition) is 4. The fourth-order valence-electron chi connectivity index (χ4n) is 0.888. The molecule has 1 aromatic heterocycles. The molecule has 15 heavy (non-hydrogen) atoms. The first kappa shape index (κ1) is 11.4. The summed E-state index contributed by atoms with van der Waals surface area (Å²) in [4.78, 5) is 28.1. The van der Waals surface area contributed by atoms with Crippen molar-refractivity contribution in [2.45, 2.75) is 6.92 Å². The van der Waals surface area contributed by atoms with E-state index in [-0.39, 0.29) is 29.7 Å². The van der Waals surface area contributed by atoms with Crippen LogP contribution in [0.3, 0.4) is 0 Å². The Balaban J connectivity index is 2.54. The topological polar surface area (TPSA) is 95.1 Å². The molecule has 82 valence electrons. The van der Waals surface area contributed by atoms with Gasteiger partial charge in [-0.05, 0) is 5.92 Å². The molecule has 0 saturated carbocycles. The van der Waals surface area contributed by atoms with Gasteiger partial charge in [0.25, 0.3) is 11.5 Å². The number of aliphatic hydroxyl groups excluding tert-OH is 1. The summed E-state index contributed by atoms with van der Waals surface area (Å²) < 4.78 is 0. The maximum Gasteiger partial charge on any atom is 0.271 e. The number of amides is 1. The van der Waals surface area contributed by atoms with Gasteiger partial charge < -0.3 is 15.4 Å². The van der Waals surface area contributed by atoms with Gasteiger partial charge in [0.05, 0.1) is 6.20 Å². The van der Waals surface area contributed by atoms with Crippen molar-refractivity contribution in [2.24, 2.45) is 5.92 Å². The number of aromatic nitrogens is 2. The molecular formula is C9H13N3O3. The van der Waals surface area contributed by atoms with Crippen LogP contribution in [-0.4, -0.2) is 34.1 Å². The van der Waals surface area contributed by atoms with E-state index >= 15 is 0 Å². The highest BCUT2D eigenvalue weighted by atomic mass is 16.3. The lowest BCUT2D eigenvalue weighted by Crippen LogP contribution is -2.30. The van der Waals surface area contributed by atoms with E-state index in [4.69, 9.17) is 5.11 Å². The average Bonchev–Trinajstić information content (AvgIpc) is 2.26. The molecular weight excluding hydrogens is 198 g/mol. The quantitative estimate of drug-likeness (QED) is 0.603. The van der Waals surface area contributed by atoms with Crippen molar-refractivity contribution in [3.63, 3.8) is 0 Å². The Bertz CT molecular complexity index is 368. The van der Waals surface area contributed by atoms with Gasteiger partial charge in [0.1, 0.15) is 5.69 Å². The van der Waals surface area contributed by atoms with Gasteiger partial charge in [0.15, 0.2) is 0 Å². The highest BCUT2D eigenvalue weighted by Crippen LogP contribution is 1.92. The predicted molar refractivity (Wildman–Crippen MR) is 53.4 cm³/mol. The highest BCUT2D eigenvalue weighted by Gasteiger charge is 2.08. The largest absolute Gasteiger partial charge is 0.396 e. The lowest BCUT2D eigenvalue weighted by molar-refractivity contribution is 0.0937. The smallest absolute Gasteiger partial charge is 0.271 e. The lowest BCUT2D eigenvalue weighted by atomic mass is 10.2. The zero-order valence-electron chi connectivity index (χ0n) is 8.36. The minimum absolute atomic E-state index is 0.00305. The Morgan fingerprint density at radius 1 is 1.73 bits per heavy atom. The van der Waals surface area contributed by atoms with Crippen LogP contribution in [-0.2, 0) is 0 Å². The number of aromatic amines is 1. The summed E-state index contributed by atoms with van der Waals surface area (Å²) in [6, 6.07) is 0. The molecule has 1 atom stereocenters. The molecule has 0 fully saturated rings. The molecule has 6 nitrogen and oxygen atoms in total. The summed E-state index contributed by atoms with van der Waals surface area (Å²) >= 11 is 0. The number of carbonyl (C=O) groups is 1. The monoisotopic (exact) mass is 211 g/mol. The van der Waals surface area contributed by atoms with E-state index in [0.717, 1.165) is 6.20 Å². The van der Waals surface area contributed by atoms with Crippen molar-refractivity contribution < 1.29 is 9.90 Å². The van der Waals surface area contributed by atoms with Crippen molar-refractivity contribution >= 4 is 5.91 Å². The Labute approximate surface area is 86.4 Å². The average molecular weight is 211 g/mol. The molecule has 1 amide bonds. The van der Waals surface area contributed by atoms with Crippen LogP contribution in [0.25, 0.3) is 0 Å². The Morgan fingerprint density at radius 2 is 2.47 bits per heavy atom. The number of nitrogens with one attached hydrogen (secondary N) is 2. The van der Waals surface area contributed by atoms with E-state index in [0.29, 0.717) is 6.54 Å². The molecule has 1 rings (SSSR count). The van der Waals surface area contributed by atoms with Gasteiger partial charge >= 0.3 is 0 Å². The first-order valence-electron chi connectivity index (χ1n) is 4.57. The molecule has 0 aromatic carbocycles. The molecule has 0 aliphatic carbocycles. The van der Waals surface area contributed by atoms with E-state index in [2.05, 4.69) is 15.3 Å². The van der Waals surface area contributed by atoms with E-state index in [1.54, 1.807) is 6.92 Å². The van der Waals surface area contributed by atoms with Gasteiger partial charge in [0.2, 0.25) is 0 Å². The van der Waals surface area contributed by atoms with Gasteiger partial charge in [-0.3, -0.25) is 9.59 Å². The first-order chi connectivity index (χ1) is 7.13. The number of rotatable bonds is 4. The number of H-pyrrole nitrogens is 1. The molecule has 1 aromatic rings. The molecule has 0 aliphatic heterocycles. The van der Waals surface area contributed by atoms with E-state index in [9.17, 15) is 9.59 Å². The molecule has 1 unspecified atom stereocenters. The van der Waals surface area contributed by atoms with Crippen molar-refractivity contribution in [3.8, 4) is 0 Å². The van der Waals surface area contributed by atoms with Gasteiger partial charge in [-0.1, -0.05) is 6.92 Å². The fraction of sp³-hybridized carbons (Fsp3) is 0.444. The fourth-order valence-corrected chi connectivity index (χ4v) is 0.888. The van der Waals surface area contributed by atoms with Gasteiger partial charge in [-0.25, -0.2) is 4.98 Å². The van der Waals surface area contributed by atoms with Crippen LogP contribution in [0.15, 0.2) is 17.2 Å². The van der Waals surface area contributed by atoms with Crippen LogP contribution < -0.4 is 10.9 Å². The van der Waals surface area contributed by atoms with E-state index < -0.39 is 0 Å². The van der Waals surface area contributed by atoms with Crippen LogP contribution in [0.5, 0.6) is 0 Å². The molecule has 3 N–H and O–H groups in total. The Morgan fingerprint density at radius 3 is 3.00 bits per heavy atom. The summed E-state index contributed by atoms with van der Waals surface area (Å²) in [5.74, 6) is -0.372. The third-order valence-electron chi connectivity index (χ3n) is 1.83. The zero-order chi connectivity index (χ0) is 11.3. The number of aliphatic hydroxyl groups is 1.